The highest BCUT2D eigenvalue weighted by Crippen LogP contribution is 2.22. The molecule has 2 unspecified atom stereocenters. The van der Waals surface area contributed by atoms with Gasteiger partial charge in [-0.3, -0.25) is 14.4 Å². The standard InChI is InChI=1S/C32H64O2.C22H42O4/c1-4-7-10-13-15-16-17-18-19-20-21-23-26-29-32(33)34-30-31(27-24-12-9-6-3)28-25-22-14-11-8-5-2;1-3-5-7-9-10-12-16-20(15-11-8-6-4-2)19-26-22(25)18-14-13-17-21(23)24/h31H,4-30H2,1-3H3;20H,3-19H2,1-2H3,(H,23,24). The van der Waals surface area contributed by atoms with Crippen molar-refractivity contribution in [2.45, 2.75) is 304 Å². The van der Waals surface area contributed by atoms with Crippen molar-refractivity contribution < 1.29 is 29.0 Å². The van der Waals surface area contributed by atoms with Crippen molar-refractivity contribution in [3.05, 3.63) is 0 Å². The van der Waals surface area contributed by atoms with Crippen LogP contribution in [0.3, 0.4) is 0 Å². The Morgan fingerprint density at radius 1 is 0.317 bits per heavy atom. The van der Waals surface area contributed by atoms with Crippen molar-refractivity contribution in [2.75, 3.05) is 13.2 Å². The van der Waals surface area contributed by atoms with E-state index in [1.54, 1.807) is 0 Å². The van der Waals surface area contributed by atoms with Gasteiger partial charge in [-0.25, -0.2) is 0 Å². The molecule has 0 amide bonds. The van der Waals surface area contributed by atoms with E-state index in [2.05, 4.69) is 34.6 Å². The highest BCUT2D eigenvalue weighted by atomic mass is 16.5. The Bertz CT molecular complexity index is 874. The van der Waals surface area contributed by atoms with Crippen molar-refractivity contribution >= 4 is 17.9 Å². The van der Waals surface area contributed by atoms with Gasteiger partial charge in [-0.05, 0) is 56.8 Å². The minimum atomic E-state index is -0.801. The van der Waals surface area contributed by atoms with E-state index < -0.39 is 5.97 Å². The van der Waals surface area contributed by atoms with Crippen LogP contribution in [0.4, 0.5) is 0 Å². The highest BCUT2D eigenvalue weighted by molar-refractivity contribution is 5.70. The largest absolute Gasteiger partial charge is 0.481 e. The van der Waals surface area contributed by atoms with Gasteiger partial charge in [0.1, 0.15) is 0 Å². The lowest BCUT2D eigenvalue weighted by Gasteiger charge is -2.17. The lowest BCUT2D eigenvalue weighted by atomic mass is 9.95. The summed E-state index contributed by atoms with van der Waals surface area (Å²) < 4.78 is 11.2. The molecule has 0 saturated heterocycles. The van der Waals surface area contributed by atoms with E-state index in [9.17, 15) is 14.4 Å². The Hall–Kier alpha value is -1.59. The Morgan fingerprint density at radius 3 is 0.817 bits per heavy atom. The molecular formula is C54H106O6. The predicted molar refractivity (Wildman–Crippen MR) is 259 cm³/mol. The van der Waals surface area contributed by atoms with Crippen LogP contribution in [0, 0.1) is 11.8 Å². The first kappa shape index (κ1) is 60.5. The molecule has 0 fully saturated rings. The van der Waals surface area contributed by atoms with Gasteiger partial charge in [-0.2, -0.15) is 0 Å². The minimum Gasteiger partial charge on any atom is -0.481 e. The number of rotatable bonds is 47. The molecule has 0 aromatic heterocycles. The Balaban J connectivity index is 0. The normalized spacial score (nSPS) is 12.2. The molecular weight excluding hydrogens is 745 g/mol. The van der Waals surface area contributed by atoms with Crippen LogP contribution >= 0.6 is 0 Å². The summed E-state index contributed by atoms with van der Waals surface area (Å²) in [4.78, 5) is 34.6. The van der Waals surface area contributed by atoms with E-state index >= 15 is 0 Å². The Labute approximate surface area is 375 Å². The molecule has 0 aliphatic heterocycles. The SMILES string of the molecule is CCCCCCCCC(CCCCCC)COC(=O)CCCCC(=O)O.CCCCCCCCCCCCCCCC(=O)OCC(CCCCCC)CCCCCCCC. The third-order valence-corrected chi connectivity index (χ3v) is 12.3. The summed E-state index contributed by atoms with van der Waals surface area (Å²) >= 11 is 0. The first-order chi connectivity index (χ1) is 29.3. The summed E-state index contributed by atoms with van der Waals surface area (Å²) in [5.41, 5.74) is 0. The topological polar surface area (TPSA) is 89.9 Å². The average molecular weight is 851 g/mol. The van der Waals surface area contributed by atoms with Gasteiger partial charge in [-0.1, -0.05) is 240 Å². The van der Waals surface area contributed by atoms with Crippen LogP contribution in [0.2, 0.25) is 0 Å². The van der Waals surface area contributed by atoms with Crippen molar-refractivity contribution in [1.82, 2.24) is 0 Å². The van der Waals surface area contributed by atoms with Crippen LogP contribution in [-0.2, 0) is 23.9 Å². The van der Waals surface area contributed by atoms with Crippen LogP contribution in [0.15, 0.2) is 0 Å². The first-order valence-electron chi connectivity index (χ1n) is 26.9. The van der Waals surface area contributed by atoms with E-state index in [0.717, 1.165) is 19.3 Å². The monoisotopic (exact) mass is 851 g/mol. The quantitative estimate of drug-likeness (QED) is 0.0484. The maximum absolute atomic E-state index is 12.3. The molecule has 0 aromatic rings. The minimum absolute atomic E-state index is 0.0459. The van der Waals surface area contributed by atoms with Crippen LogP contribution in [0.25, 0.3) is 0 Å². The van der Waals surface area contributed by atoms with Crippen molar-refractivity contribution in [3.63, 3.8) is 0 Å². The zero-order valence-corrected chi connectivity index (χ0v) is 41.3. The molecule has 0 rings (SSSR count). The van der Waals surface area contributed by atoms with Crippen LogP contribution in [0.5, 0.6) is 0 Å². The van der Waals surface area contributed by atoms with E-state index in [1.165, 1.54) is 218 Å². The van der Waals surface area contributed by atoms with Gasteiger partial charge in [0.05, 0.1) is 13.2 Å². The Morgan fingerprint density at radius 2 is 0.533 bits per heavy atom. The van der Waals surface area contributed by atoms with Gasteiger partial charge in [0.15, 0.2) is 0 Å². The van der Waals surface area contributed by atoms with Gasteiger partial charge in [-0.15, -0.1) is 0 Å². The maximum Gasteiger partial charge on any atom is 0.305 e. The lowest BCUT2D eigenvalue weighted by Crippen LogP contribution is -2.14. The third-order valence-electron chi connectivity index (χ3n) is 12.3. The molecule has 6 heteroatoms. The molecule has 0 saturated carbocycles. The molecule has 0 radical (unpaired) electrons. The maximum atomic E-state index is 12.3. The second-order valence-electron chi connectivity index (χ2n) is 18.5. The molecule has 0 heterocycles. The summed E-state index contributed by atoms with van der Waals surface area (Å²) in [6.45, 7) is 12.5. The summed E-state index contributed by atoms with van der Waals surface area (Å²) in [6, 6.07) is 0. The second-order valence-corrected chi connectivity index (χ2v) is 18.5. The molecule has 0 spiro atoms. The molecule has 60 heavy (non-hydrogen) atoms. The van der Waals surface area contributed by atoms with Gasteiger partial charge < -0.3 is 14.6 Å². The number of ether oxygens (including phenoxy) is 2. The molecule has 6 nitrogen and oxygen atoms in total. The molecule has 0 aliphatic rings. The van der Waals surface area contributed by atoms with Crippen LogP contribution < -0.4 is 0 Å². The van der Waals surface area contributed by atoms with E-state index in [-0.39, 0.29) is 18.4 Å². The number of unbranched alkanes of at least 4 members (excludes halogenated alkanes) is 29. The molecule has 2 atom stereocenters. The first-order valence-corrected chi connectivity index (χ1v) is 26.9. The van der Waals surface area contributed by atoms with Gasteiger partial charge in [0.25, 0.3) is 0 Å². The summed E-state index contributed by atoms with van der Waals surface area (Å²) in [6.07, 6.45) is 50.6. The number of esters is 2. The fraction of sp³-hybridized carbons (Fsp3) is 0.944. The number of carbonyl (C=O) groups is 3. The number of aliphatic carboxylic acids is 1. The van der Waals surface area contributed by atoms with Gasteiger partial charge in [0.2, 0.25) is 0 Å². The number of hydrogen-bond donors (Lipinski definition) is 1. The van der Waals surface area contributed by atoms with Crippen LogP contribution in [0.1, 0.15) is 304 Å². The predicted octanol–water partition coefficient (Wildman–Crippen LogP) is 17.9. The van der Waals surface area contributed by atoms with Gasteiger partial charge >= 0.3 is 17.9 Å². The molecule has 0 aliphatic carbocycles. The zero-order valence-electron chi connectivity index (χ0n) is 41.3. The lowest BCUT2D eigenvalue weighted by molar-refractivity contribution is -0.146. The fourth-order valence-electron chi connectivity index (χ4n) is 8.17. The highest BCUT2D eigenvalue weighted by Gasteiger charge is 2.14. The number of carbonyl (C=O) groups excluding carboxylic acids is 2. The average Bonchev–Trinajstić information content (AvgIpc) is 3.24. The summed E-state index contributed by atoms with van der Waals surface area (Å²) in [5, 5.41) is 8.61. The van der Waals surface area contributed by atoms with Crippen molar-refractivity contribution in [3.8, 4) is 0 Å². The van der Waals surface area contributed by atoms with E-state index in [0.29, 0.717) is 50.7 Å². The molecule has 0 bridgehead atoms. The van der Waals surface area contributed by atoms with Gasteiger partial charge in [0, 0.05) is 19.3 Å². The summed E-state index contributed by atoms with van der Waals surface area (Å²) in [5.74, 6) is 0.144. The zero-order chi connectivity index (χ0) is 44.4. The fourth-order valence-corrected chi connectivity index (χ4v) is 8.17. The second kappa shape index (κ2) is 51.8. The van der Waals surface area contributed by atoms with E-state index in [1.807, 2.05) is 0 Å². The van der Waals surface area contributed by atoms with Crippen molar-refractivity contribution in [2.24, 2.45) is 11.8 Å². The molecule has 0 aromatic carbocycles. The number of carboxylic acid groups (broad SMARTS) is 1. The number of carboxylic acids is 1. The number of hydrogen-bond acceptors (Lipinski definition) is 5. The van der Waals surface area contributed by atoms with Crippen LogP contribution in [-0.4, -0.2) is 36.2 Å². The Kier molecular flexibility index (Phi) is 52.2. The molecule has 1 N–H and O–H groups in total. The molecule has 358 valence electrons. The summed E-state index contributed by atoms with van der Waals surface area (Å²) in [7, 11) is 0. The smallest absolute Gasteiger partial charge is 0.305 e. The van der Waals surface area contributed by atoms with Crippen molar-refractivity contribution in [1.29, 1.82) is 0 Å². The third kappa shape index (κ3) is 50.8. The van der Waals surface area contributed by atoms with E-state index in [4.69, 9.17) is 14.6 Å².